The minimum atomic E-state index is -0.330. The molecular weight excluding hydrogens is 428 g/mol. The largest absolute Gasteiger partial charge is 0.321 e. The van der Waals surface area contributed by atoms with Crippen molar-refractivity contribution in [1.82, 2.24) is 0 Å². The molecular formula is C25H19ClN2O2S. The zero-order chi connectivity index (χ0) is 21.6. The van der Waals surface area contributed by atoms with Crippen LogP contribution in [0, 0.1) is 0 Å². The third-order valence-corrected chi connectivity index (χ3v) is 5.91. The Morgan fingerprint density at radius 2 is 1.45 bits per heavy atom. The molecule has 0 saturated carbocycles. The second kappa shape index (κ2) is 9.60. The van der Waals surface area contributed by atoms with Gasteiger partial charge >= 0.3 is 0 Å². The van der Waals surface area contributed by atoms with Gasteiger partial charge in [-0.3, -0.25) is 9.59 Å². The van der Waals surface area contributed by atoms with Gasteiger partial charge in [-0.05, 0) is 23.3 Å². The van der Waals surface area contributed by atoms with Gasteiger partial charge in [0.05, 0.1) is 22.7 Å². The first-order valence-electron chi connectivity index (χ1n) is 9.68. The molecule has 31 heavy (non-hydrogen) atoms. The van der Waals surface area contributed by atoms with E-state index >= 15 is 0 Å². The molecule has 3 aromatic carbocycles. The summed E-state index contributed by atoms with van der Waals surface area (Å²) in [5, 5.41) is 8.62. The smallest absolute Gasteiger partial charge is 0.259 e. The number of nitrogens with one attached hydrogen (secondary N) is 2. The van der Waals surface area contributed by atoms with Crippen LogP contribution in [0.25, 0.3) is 11.1 Å². The van der Waals surface area contributed by atoms with Gasteiger partial charge in [0, 0.05) is 10.9 Å². The Kier molecular flexibility index (Phi) is 6.46. The van der Waals surface area contributed by atoms with E-state index in [-0.39, 0.29) is 18.2 Å². The van der Waals surface area contributed by atoms with Crippen LogP contribution in [0.3, 0.4) is 0 Å². The molecule has 0 bridgehead atoms. The van der Waals surface area contributed by atoms with Crippen molar-refractivity contribution in [2.45, 2.75) is 6.42 Å². The van der Waals surface area contributed by atoms with E-state index in [4.69, 9.17) is 11.6 Å². The first kappa shape index (κ1) is 20.8. The standard InChI is InChI=1S/C25H19ClN2O2S/c26-20-13-7-8-14-21(20)27-24(30)23-19(18-11-5-2-6-12-18)16-31-25(23)28-22(29)15-17-9-3-1-4-10-17/h1-14,16H,15H2,(H,27,30)(H,28,29). The Bertz CT molecular complexity index is 1210. The highest BCUT2D eigenvalue weighted by Crippen LogP contribution is 2.36. The van der Waals surface area contributed by atoms with E-state index in [1.165, 1.54) is 11.3 Å². The first-order chi connectivity index (χ1) is 15.1. The van der Waals surface area contributed by atoms with Gasteiger partial charge in [0.1, 0.15) is 5.00 Å². The van der Waals surface area contributed by atoms with Gasteiger partial charge in [0.15, 0.2) is 0 Å². The fourth-order valence-electron chi connectivity index (χ4n) is 3.20. The average Bonchev–Trinajstić information content (AvgIpc) is 3.20. The predicted octanol–water partition coefficient (Wildman–Crippen LogP) is 6.50. The van der Waals surface area contributed by atoms with Crippen molar-refractivity contribution in [1.29, 1.82) is 0 Å². The average molecular weight is 447 g/mol. The van der Waals surface area contributed by atoms with Crippen molar-refractivity contribution in [2.75, 3.05) is 10.6 Å². The molecule has 2 amide bonds. The Labute approximate surface area is 189 Å². The molecule has 154 valence electrons. The number of carbonyl (C=O) groups is 2. The lowest BCUT2D eigenvalue weighted by atomic mass is 10.0. The predicted molar refractivity (Wildman–Crippen MR) is 128 cm³/mol. The molecule has 0 aliphatic rings. The molecule has 0 spiro atoms. The second-order valence-electron chi connectivity index (χ2n) is 6.86. The minimum absolute atomic E-state index is 0.181. The molecule has 0 aliphatic heterocycles. The lowest BCUT2D eigenvalue weighted by Crippen LogP contribution is -2.18. The van der Waals surface area contributed by atoms with Crippen LogP contribution < -0.4 is 10.6 Å². The molecule has 6 heteroatoms. The SMILES string of the molecule is O=C(Cc1ccccc1)Nc1scc(-c2ccccc2)c1C(=O)Nc1ccccc1Cl. The highest BCUT2D eigenvalue weighted by atomic mass is 35.5. The molecule has 1 aromatic heterocycles. The van der Waals surface area contributed by atoms with E-state index in [0.717, 1.165) is 16.7 Å². The zero-order valence-corrected chi connectivity index (χ0v) is 18.0. The summed E-state index contributed by atoms with van der Waals surface area (Å²) < 4.78 is 0. The molecule has 0 atom stereocenters. The van der Waals surface area contributed by atoms with Crippen LogP contribution in [-0.2, 0) is 11.2 Å². The summed E-state index contributed by atoms with van der Waals surface area (Å²) in [5.74, 6) is -0.511. The molecule has 4 nitrogen and oxygen atoms in total. The van der Waals surface area contributed by atoms with E-state index in [9.17, 15) is 9.59 Å². The van der Waals surface area contributed by atoms with Gasteiger partial charge in [0.25, 0.3) is 5.91 Å². The van der Waals surface area contributed by atoms with Crippen molar-refractivity contribution < 1.29 is 9.59 Å². The summed E-state index contributed by atoms with van der Waals surface area (Å²) in [6.45, 7) is 0. The summed E-state index contributed by atoms with van der Waals surface area (Å²) in [6, 6.07) is 26.2. The van der Waals surface area contributed by atoms with Crippen LogP contribution in [0.1, 0.15) is 15.9 Å². The highest BCUT2D eigenvalue weighted by Gasteiger charge is 2.22. The third kappa shape index (κ3) is 5.02. The second-order valence-corrected chi connectivity index (χ2v) is 8.15. The summed E-state index contributed by atoms with van der Waals surface area (Å²) in [7, 11) is 0. The molecule has 0 unspecified atom stereocenters. The number of rotatable bonds is 6. The van der Waals surface area contributed by atoms with Crippen LogP contribution in [0.2, 0.25) is 5.02 Å². The summed E-state index contributed by atoms with van der Waals surface area (Å²) >= 11 is 7.55. The molecule has 1 heterocycles. The van der Waals surface area contributed by atoms with Gasteiger partial charge < -0.3 is 10.6 Å². The molecule has 4 aromatic rings. The van der Waals surface area contributed by atoms with Crippen LogP contribution in [0.5, 0.6) is 0 Å². The van der Waals surface area contributed by atoms with Crippen molar-refractivity contribution >= 4 is 45.4 Å². The van der Waals surface area contributed by atoms with Crippen molar-refractivity contribution in [3.8, 4) is 11.1 Å². The van der Waals surface area contributed by atoms with Crippen LogP contribution in [0.15, 0.2) is 90.3 Å². The zero-order valence-electron chi connectivity index (χ0n) is 16.5. The molecule has 2 N–H and O–H groups in total. The van der Waals surface area contributed by atoms with Gasteiger partial charge in [-0.2, -0.15) is 0 Å². The maximum Gasteiger partial charge on any atom is 0.259 e. The number of anilines is 2. The van der Waals surface area contributed by atoms with Crippen molar-refractivity contribution in [3.63, 3.8) is 0 Å². The maximum absolute atomic E-state index is 13.3. The normalized spacial score (nSPS) is 10.5. The number of benzene rings is 3. The van der Waals surface area contributed by atoms with Crippen LogP contribution in [-0.4, -0.2) is 11.8 Å². The van der Waals surface area contributed by atoms with Crippen LogP contribution in [0.4, 0.5) is 10.7 Å². The number of thiophene rings is 1. The number of halogens is 1. The minimum Gasteiger partial charge on any atom is -0.321 e. The monoisotopic (exact) mass is 446 g/mol. The number of amides is 2. The maximum atomic E-state index is 13.3. The van der Waals surface area contributed by atoms with Gasteiger partial charge in [-0.1, -0.05) is 84.4 Å². The van der Waals surface area contributed by atoms with Crippen molar-refractivity contribution in [2.24, 2.45) is 0 Å². The van der Waals surface area contributed by atoms with E-state index in [2.05, 4.69) is 10.6 Å². The number of para-hydroxylation sites is 1. The topological polar surface area (TPSA) is 58.2 Å². The summed E-state index contributed by atoms with van der Waals surface area (Å²) in [5.41, 5.74) is 3.48. The Balaban J connectivity index is 1.65. The van der Waals surface area contributed by atoms with E-state index < -0.39 is 0 Å². The van der Waals surface area contributed by atoms with Gasteiger partial charge in [0.2, 0.25) is 5.91 Å². The van der Waals surface area contributed by atoms with E-state index in [1.807, 2.05) is 66.0 Å². The number of hydrogen-bond acceptors (Lipinski definition) is 3. The highest BCUT2D eigenvalue weighted by molar-refractivity contribution is 7.15. The van der Waals surface area contributed by atoms with Crippen LogP contribution >= 0.6 is 22.9 Å². The molecule has 0 fully saturated rings. The van der Waals surface area contributed by atoms with Gasteiger partial charge in [-0.15, -0.1) is 11.3 Å². The third-order valence-electron chi connectivity index (χ3n) is 4.69. The molecule has 0 aliphatic carbocycles. The number of carbonyl (C=O) groups excluding carboxylic acids is 2. The Morgan fingerprint density at radius 3 is 2.16 bits per heavy atom. The molecule has 4 rings (SSSR count). The quantitative estimate of drug-likeness (QED) is 0.355. The van der Waals surface area contributed by atoms with Crippen molar-refractivity contribution in [3.05, 3.63) is 106 Å². The van der Waals surface area contributed by atoms with Gasteiger partial charge in [-0.25, -0.2) is 0 Å². The Morgan fingerprint density at radius 1 is 0.806 bits per heavy atom. The fraction of sp³-hybridized carbons (Fsp3) is 0.0400. The summed E-state index contributed by atoms with van der Waals surface area (Å²) in [6.07, 6.45) is 0.227. The Hall–Kier alpha value is -3.41. The van der Waals surface area contributed by atoms with E-state index in [1.54, 1.807) is 24.3 Å². The summed E-state index contributed by atoms with van der Waals surface area (Å²) in [4.78, 5) is 25.9. The lowest BCUT2D eigenvalue weighted by molar-refractivity contribution is -0.115. The van der Waals surface area contributed by atoms with E-state index in [0.29, 0.717) is 21.3 Å². The molecule has 0 radical (unpaired) electrons. The first-order valence-corrected chi connectivity index (χ1v) is 10.9. The molecule has 0 saturated heterocycles. The lowest BCUT2D eigenvalue weighted by Gasteiger charge is -2.11. The number of hydrogen-bond donors (Lipinski definition) is 2. The fourth-order valence-corrected chi connectivity index (χ4v) is 4.37.